The minimum atomic E-state index is -0.474. The Hall–Kier alpha value is -1.95. The van der Waals surface area contributed by atoms with E-state index in [0.29, 0.717) is 18.7 Å². The van der Waals surface area contributed by atoms with Crippen molar-refractivity contribution in [2.75, 3.05) is 33.2 Å². The van der Waals surface area contributed by atoms with Crippen molar-refractivity contribution in [1.29, 1.82) is 0 Å². The highest BCUT2D eigenvalue weighted by Gasteiger charge is 2.27. The quantitative estimate of drug-likeness (QED) is 0.595. The molecule has 2 rings (SSSR count). The highest BCUT2D eigenvalue weighted by molar-refractivity contribution is 5.98. The van der Waals surface area contributed by atoms with Crippen LogP contribution in [0, 0.1) is 17.0 Å². The predicted molar refractivity (Wildman–Crippen MR) is 71.2 cm³/mol. The second-order valence-electron chi connectivity index (χ2n) is 4.82. The number of nitrogens with zero attached hydrogens (tertiary/aromatic N) is 3. The Kier molecular flexibility index (Phi) is 3.80. The van der Waals surface area contributed by atoms with Gasteiger partial charge in [0.1, 0.15) is 5.56 Å². The van der Waals surface area contributed by atoms with Gasteiger partial charge in [0.05, 0.1) is 4.92 Å². The van der Waals surface area contributed by atoms with E-state index < -0.39 is 4.92 Å². The summed E-state index contributed by atoms with van der Waals surface area (Å²) in [4.78, 5) is 26.8. The Morgan fingerprint density at radius 3 is 2.47 bits per heavy atom. The molecular formula is C13H17N3O3. The molecule has 0 atom stereocenters. The zero-order chi connectivity index (χ0) is 14.0. The third-order valence-corrected chi connectivity index (χ3v) is 3.44. The summed E-state index contributed by atoms with van der Waals surface area (Å²) in [7, 11) is 2.00. The van der Waals surface area contributed by atoms with Crippen LogP contribution in [0.4, 0.5) is 5.69 Å². The summed E-state index contributed by atoms with van der Waals surface area (Å²) in [6, 6.07) is 4.87. The molecule has 6 heteroatoms. The molecule has 0 N–H and O–H groups in total. The third kappa shape index (κ3) is 2.73. The number of likely N-dealkylation sites (N-methyl/N-ethyl adjacent to an activating group) is 1. The van der Waals surface area contributed by atoms with Gasteiger partial charge in [-0.3, -0.25) is 14.9 Å². The smallest absolute Gasteiger partial charge is 0.285 e. The van der Waals surface area contributed by atoms with Crippen LogP contribution in [0.5, 0.6) is 0 Å². The van der Waals surface area contributed by atoms with Gasteiger partial charge in [0.2, 0.25) is 0 Å². The summed E-state index contributed by atoms with van der Waals surface area (Å²) in [6.45, 7) is 4.47. The molecule has 1 aliphatic heterocycles. The van der Waals surface area contributed by atoms with Crippen molar-refractivity contribution in [1.82, 2.24) is 9.80 Å². The second kappa shape index (κ2) is 5.36. The molecule has 1 aromatic carbocycles. The first kappa shape index (κ1) is 13.5. The summed E-state index contributed by atoms with van der Waals surface area (Å²) in [5, 5.41) is 11.1. The lowest BCUT2D eigenvalue weighted by atomic mass is 10.1. The number of para-hydroxylation sites is 1. The number of amides is 1. The van der Waals surface area contributed by atoms with E-state index in [2.05, 4.69) is 4.90 Å². The van der Waals surface area contributed by atoms with E-state index in [-0.39, 0.29) is 17.2 Å². The maximum absolute atomic E-state index is 12.4. The van der Waals surface area contributed by atoms with Gasteiger partial charge in [-0.15, -0.1) is 0 Å². The average Bonchev–Trinajstić information content (AvgIpc) is 2.38. The van der Waals surface area contributed by atoms with Gasteiger partial charge in [-0.2, -0.15) is 0 Å². The van der Waals surface area contributed by atoms with Crippen molar-refractivity contribution >= 4 is 11.6 Å². The van der Waals surface area contributed by atoms with E-state index in [1.54, 1.807) is 24.0 Å². The van der Waals surface area contributed by atoms with E-state index in [9.17, 15) is 14.9 Å². The molecule has 1 fully saturated rings. The summed E-state index contributed by atoms with van der Waals surface area (Å²) in [5.74, 6) is -0.247. The minimum Gasteiger partial charge on any atom is -0.336 e. The van der Waals surface area contributed by atoms with E-state index >= 15 is 0 Å². The van der Waals surface area contributed by atoms with Crippen molar-refractivity contribution in [3.05, 3.63) is 39.4 Å². The number of piperazine rings is 1. The molecule has 1 saturated heterocycles. The van der Waals surface area contributed by atoms with E-state index in [0.717, 1.165) is 13.1 Å². The largest absolute Gasteiger partial charge is 0.336 e. The molecule has 102 valence electrons. The molecule has 0 spiro atoms. The standard InChI is InChI=1S/C13H17N3O3/c1-10-4-3-5-11(12(10)16(18)19)13(17)15-8-6-14(2)7-9-15/h3-5H,6-9H2,1-2H3. The van der Waals surface area contributed by atoms with Crippen LogP contribution >= 0.6 is 0 Å². The molecule has 0 bridgehead atoms. The molecule has 1 amide bonds. The van der Waals surface area contributed by atoms with Crippen LogP contribution in [0.3, 0.4) is 0 Å². The lowest BCUT2D eigenvalue weighted by Gasteiger charge is -2.32. The maximum atomic E-state index is 12.4. The molecular weight excluding hydrogens is 246 g/mol. The topological polar surface area (TPSA) is 66.7 Å². The van der Waals surface area contributed by atoms with Crippen molar-refractivity contribution in [3.8, 4) is 0 Å². The maximum Gasteiger partial charge on any atom is 0.285 e. The number of carbonyl (C=O) groups is 1. The SMILES string of the molecule is Cc1cccc(C(=O)N2CCN(C)CC2)c1[N+](=O)[O-]. The van der Waals surface area contributed by atoms with Crippen LogP contribution in [0.2, 0.25) is 0 Å². The Labute approximate surface area is 111 Å². The number of rotatable bonds is 2. The Balaban J connectivity index is 2.29. The van der Waals surface area contributed by atoms with E-state index in [4.69, 9.17) is 0 Å². The zero-order valence-corrected chi connectivity index (χ0v) is 11.1. The molecule has 0 radical (unpaired) electrons. The first-order valence-electron chi connectivity index (χ1n) is 6.22. The molecule has 1 heterocycles. The van der Waals surface area contributed by atoms with Crippen LogP contribution in [0.25, 0.3) is 0 Å². The van der Waals surface area contributed by atoms with Crippen LogP contribution in [0.15, 0.2) is 18.2 Å². The molecule has 0 saturated carbocycles. The Morgan fingerprint density at radius 1 is 1.26 bits per heavy atom. The number of nitro benzene ring substituents is 1. The van der Waals surface area contributed by atoms with Gasteiger partial charge in [-0.05, 0) is 20.0 Å². The van der Waals surface area contributed by atoms with Crippen molar-refractivity contribution in [3.63, 3.8) is 0 Å². The van der Waals surface area contributed by atoms with Gasteiger partial charge in [0.15, 0.2) is 0 Å². The highest BCUT2D eigenvalue weighted by Crippen LogP contribution is 2.24. The number of hydrogen-bond donors (Lipinski definition) is 0. The average molecular weight is 263 g/mol. The van der Waals surface area contributed by atoms with Gasteiger partial charge in [-0.25, -0.2) is 0 Å². The Bertz CT molecular complexity index is 508. The summed E-state index contributed by atoms with van der Waals surface area (Å²) < 4.78 is 0. The van der Waals surface area contributed by atoms with Crippen LogP contribution in [0.1, 0.15) is 15.9 Å². The van der Waals surface area contributed by atoms with Gasteiger partial charge in [0.25, 0.3) is 11.6 Å². The molecule has 0 aromatic heterocycles. The van der Waals surface area contributed by atoms with E-state index in [1.165, 1.54) is 6.07 Å². The minimum absolute atomic E-state index is 0.0774. The monoisotopic (exact) mass is 263 g/mol. The van der Waals surface area contributed by atoms with Gasteiger partial charge < -0.3 is 9.80 Å². The molecule has 0 unspecified atom stereocenters. The Morgan fingerprint density at radius 2 is 1.89 bits per heavy atom. The number of benzene rings is 1. The lowest BCUT2D eigenvalue weighted by Crippen LogP contribution is -2.47. The van der Waals surface area contributed by atoms with Crippen LogP contribution < -0.4 is 0 Å². The fraction of sp³-hybridized carbons (Fsp3) is 0.462. The number of aryl methyl sites for hydroxylation is 1. The molecule has 0 aliphatic carbocycles. The van der Waals surface area contributed by atoms with Gasteiger partial charge in [0, 0.05) is 31.7 Å². The van der Waals surface area contributed by atoms with Crippen molar-refractivity contribution in [2.24, 2.45) is 0 Å². The molecule has 6 nitrogen and oxygen atoms in total. The fourth-order valence-electron chi connectivity index (χ4n) is 2.25. The second-order valence-corrected chi connectivity index (χ2v) is 4.82. The normalized spacial score (nSPS) is 16.4. The van der Waals surface area contributed by atoms with Crippen LogP contribution in [-0.2, 0) is 0 Å². The lowest BCUT2D eigenvalue weighted by molar-refractivity contribution is -0.385. The van der Waals surface area contributed by atoms with Crippen LogP contribution in [-0.4, -0.2) is 53.9 Å². The number of carbonyl (C=O) groups excluding carboxylic acids is 1. The third-order valence-electron chi connectivity index (χ3n) is 3.44. The summed E-state index contributed by atoms with van der Waals surface area (Å²) >= 11 is 0. The first-order chi connectivity index (χ1) is 9.00. The van der Waals surface area contributed by atoms with Gasteiger partial charge >= 0.3 is 0 Å². The first-order valence-corrected chi connectivity index (χ1v) is 6.22. The summed E-state index contributed by atoms with van der Waals surface area (Å²) in [5.41, 5.74) is 0.631. The van der Waals surface area contributed by atoms with Gasteiger partial charge in [-0.1, -0.05) is 12.1 Å². The highest BCUT2D eigenvalue weighted by atomic mass is 16.6. The van der Waals surface area contributed by atoms with Crippen molar-refractivity contribution < 1.29 is 9.72 Å². The molecule has 1 aliphatic rings. The zero-order valence-electron chi connectivity index (χ0n) is 11.1. The van der Waals surface area contributed by atoms with E-state index in [1.807, 2.05) is 7.05 Å². The fourth-order valence-corrected chi connectivity index (χ4v) is 2.25. The molecule has 1 aromatic rings. The van der Waals surface area contributed by atoms with Crippen molar-refractivity contribution in [2.45, 2.75) is 6.92 Å². The summed E-state index contributed by atoms with van der Waals surface area (Å²) in [6.07, 6.45) is 0. The number of hydrogen-bond acceptors (Lipinski definition) is 4. The predicted octanol–water partition coefficient (Wildman–Crippen LogP) is 1.29. The number of nitro groups is 1. The molecule has 19 heavy (non-hydrogen) atoms.